The number of ether oxygens (including phenoxy) is 1. The van der Waals surface area contributed by atoms with Crippen LogP contribution in [0.2, 0.25) is 0 Å². The van der Waals surface area contributed by atoms with E-state index >= 15 is 0 Å². The van der Waals surface area contributed by atoms with E-state index < -0.39 is 5.97 Å². The van der Waals surface area contributed by atoms with Crippen molar-refractivity contribution in [3.8, 4) is 5.75 Å². The van der Waals surface area contributed by atoms with Gasteiger partial charge in [0.1, 0.15) is 12.4 Å². The minimum Gasteiger partial charge on any atom is -0.490 e. The normalized spacial score (nSPS) is 11.5. The van der Waals surface area contributed by atoms with Gasteiger partial charge in [-0.1, -0.05) is 29.4 Å². The third kappa shape index (κ3) is 8.10. The molecule has 118 valence electrons. The highest BCUT2D eigenvalue weighted by Gasteiger charge is 1.94. The molecule has 0 saturated carbocycles. The lowest BCUT2D eigenvalue weighted by molar-refractivity contribution is -0.131. The number of hydrogen-bond donors (Lipinski definition) is 1. The quantitative estimate of drug-likeness (QED) is 0.551. The number of allylic oxidation sites excluding steroid dienone is 3. The molecule has 0 saturated heterocycles. The molecule has 0 fully saturated rings. The largest absolute Gasteiger partial charge is 0.490 e. The summed E-state index contributed by atoms with van der Waals surface area (Å²) in [6.45, 7) is 6.88. The zero-order chi connectivity index (χ0) is 16.4. The van der Waals surface area contributed by atoms with Crippen molar-refractivity contribution in [3.05, 3.63) is 59.2 Å². The number of carboxylic acid groups (broad SMARTS) is 1. The molecule has 0 bridgehead atoms. The molecule has 1 rings (SSSR count). The van der Waals surface area contributed by atoms with Gasteiger partial charge in [-0.15, -0.1) is 0 Å². The number of carboxylic acids is 1. The Kier molecular flexibility index (Phi) is 7.76. The summed E-state index contributed by atoms with van der Waals surface area (Å²) in [7, 11) is 0. The van der Waals surface area contributed by atoms with E-state index in [2.05, 4.69) is 32.9 Å². The SMILES string of the molecule is CC(C)=CCCC(C)=CCOc1ccc(C=CC(=O)O)cc1. The van der Waals surface area contributed by atoms with Crippen LogP contribution in [-0.2, 0) is 4.79 Å². The van der Waals surface area contributed by atoms with Crippen molar-refractivity contribution in [3.63, 3.8) is 0 Å². The summed E-state index contributed by atoms with van der Waals surface area (Å²) in [5.41, 5.74) is 3.50. The van der Waals surface area contributed by atoms with Crippen LogP contribution in [0.5, 0.6) is 5.75 Å². The van der Waals surface area contributed by atoms with Gasteiger partial charge in [0, 0.05) is 6.08 Å². The van der Waals surface area contributed by atoms with Crippen molar-refractivity contribution in [2.75, 3.05) is 6.61 Å². The van der Waals surface area contributed by atoms with Crippen molar-refractivity contribution in [2.24, 2.45) is 0 Å². The van der Waals surface area contributed by atoms with Crippen LogP contribution in [0.4, 0.5) is 0 Å². The molecule has 0 aliphatic heterocycles. The fraction of sp³-hybridized carbons (Fsp3) is 0.316. The third-order valence-corrected chi connectivity index (χ3v) is 3.07. The van der Waals surface area contributed by atoms with Crippen LogP contribution in [0.3, 0.4) is 0 Å². The Hall–Kier alpha value is -2.29. The highest BCUT2D eigenvalue weighted by molar-refractivity contribution is 5.85. The Balaban J connectivity index is 2.41. The molecule has 22 heavy (non-hydrogen) atoms. The third-order valence-electron chi connectivity index (χ3n) is 3.07. The van der Waals surface area contributed by atoms with E-state index in [4.69, 9.17) is 9.84 Å². The first-order valence-electron chi connectivity index (χ1n) is 7.40. The Morgan fingerprint density at radius 1 is 1.14 bits per heavy atom. The van der Waals surface area contributed by atoms with Crippen LogP contribution >= 0.6 is 0 Å². The molecule has 0 atom stereocenters. The second kappa shape index (κ2) is 9.61. The van der Waals surface area contributed by atoms with Crippen molar-refractivity contribution < 1.29 is 14.6 Å². The summed E-state index contributed by atoms with van der Waals surface area (Å²) >= 11 is 0. The number of benzene rings is 1. The molecule has 0 aliphatic carbocycles. The molecule has 0 unspecified atom stereocenters. The number of aliphatic carboxylic acids is 1. The van der Waals surface area contributed by atoms with Crippen molar-refractivity contribution in [2.45, 2.75) is 33.6 Å². The molecule has 3 nitrogen and oxygen atoms in total. The summed E-state index contributed by atoms with van der Waals surface area (Å²) in [4.78, 5) is 10.4. The van der Waals surface area contributed by atoms with Crippen LogP contribution in [0, 0.1) is 0 Å². The monoisotopic (exact) mass is 300 g/mol. The average Bonchev–Trinajstić information content (AvgIpc) is 2.46. The predicted octanol–water partition coefficient (Wildman–Crippen LogP) is 4.86. The average molecular weight is 300 g/mol. The van der Waals surface area contributed by atoms with Crippen LogP contribution in [-0.4, -0.2) is 17.7 Å². The van der Waals surface area contributed by atoms with E-state index in [9.17, 15) is 4.79 Å². The summed E-state index contributed by atoms with van der Waals surface area (Å²) in [6, 6.07) is 7.35. The lowest BCUT2D eigenvalue weighted by Gasteiger charge is -2.05. The zero-order valence-electron chi connectivity index (χ0n) is 13.5. The number of hydrogen-bond acceptors (Lipinski definition) is 2. The van der Waals surface area contributed by atoms with Crippen LogP contribution in [0.1, 0.15) is 39.2 Å². The van der Waals surface area contributed by atoms with E-state index in [0.29, 0.717) is 6.61 Å². The smallest absolute Gasteiger partial charge is 0.328 e. The van der Waals surface area contributed by atoms with Gasteiger partial charge in [0.15, 0.2) is 0 Å². The minimum atomic E-state index is -0.950. The highest BCUT2D eigenvalue weighted by atomic mass is 16.5. The first-order chi connectivity index (χ1) is 10.5. The molecule has 3 heteroatoms. The summed E-state index contributed by atoms with van der Waals surface area (Å²) in [5, 5.41) is 8.57. The fourth-order valence-corrected chi connectivity index (χ4v) is 1.81. The van der Waals surface area contributed by atoms with E-state index in [1.54, 1.807) is 6.08 Å². The highest BCUT2D eigenvalue weighted by Crippen LogP contribution is 2.14. The van der Waals surface area contributed by atoms with E-state index in [1.807, 2.05) is 24.3 Å². The van der Waals surface area contributed by atoms with Crippen LogP contribution < -0.4 is 4.74 Å². The van der Waals surface area contributed by atoms with E-state index in [1.165, 1.54) is 11.1 Å². The molecular formula is C19H24O3. The lowest BCUT2D eigenvalue weighted by atomic mass is 10.1. The first-order valence-corrected chi connectivity index (χ1v) is 7.40. The fourth-order valence-electron chi connectivity index (χ4n) is 1.81. The lowest BCUT2D eigenvalue weighted by Crippen LogP contribution is -1.94. The van der Waals surface area contributed by atoms with Gasteiger partial charge in [0.2, 0.25) is 0 Å². The van der Waals surface area contributed by atoms with Crippen molar-refractivity contribution >= 4 is 12.0 Å². The molecule has 1 N–H and O–H groups in total. The minimum absolute atomic E-state index is 0.547. The maximum absolute atomic E-state index is 10.4. The summed E-state index contributed by atoms with van der Waals surface area (Å²) < 4.78 is 5.65. The van der Waals surface area contributed by atoms with Crippen molar-refractivity contribution in [1.29, 1.82) is 0 Å². The topological polar surface area (TPSA) is 46.5 Å². The predicted molar refractivity (Wildman–Crippen MR) is 91.0 cm³/mol. The Morgan fingerprint density at radius 3 is 2.41 bits per heavy atom. The second-order valence-electron chi connectivity index (χ2n) is 5.42. The molecule has 0 radical (unpaired) electrons. The second-order valence-corrected chi connectivity index (χ2v) is 5.42. The van der Waals surface area contributed by atoms with Gasteiger partial charge in [0.05, 0.1) is 0 Å². The van der Waals surface area contributed by atoms with Gasteiger partial charge >= 0.3 is 5.97 Å². The Labute approximate surface area is 132 Å². The molecule has 0 heterocycles. The molecule has 0 spiro atoms. The van der Waals surface area contributed by atoms with E-state index in [0.717, 1.165) is 30.2 Å². The molecule has 0 aliphatic rings. The zero-order valence-corrected chi connectivity index (χ0v) is 13.5. The van der Waals surface area contributed by atoms with Gasteiger partial charge < -0.3 is 9.84 Å². The van der Waals surface area contributed by atoms with Gasteiger partial charge in [-0.05, 0) is 63.5 Å². The van der Waals surface area contributed by atoms with Crippen molar-refractivity contribution in [1.82, 2.24) is 0 Å². The molecule has 0 amide bonds. The maximum Gasteiger partial charge on any atom is 0.328 e. The number of carbonyl (C=O) groups is 1. The number of rotatable bonds is 8. The molecule has 1 aromatic carbocycles. The van der Waals surface area contributed by atoms with Gasteiger partial charge in [0.25, 0.3) is 0 Å². The standard InChI is InChI=1S/C19H24O3/c1-15(2)5-4-6-16(3)13-14-22-18-10-7-17(8-11-18)9-12-19(20)21/h5,7-13H,4,6,14H2,1-3H3,(H,20,21). The van der Waals surface area contributed by atoms with Crippen LogP contribution in [0.25, 0.3) is 6.08 Å². The Bertz CT molecular complexity index is 559. The maximum atomic E-state index is 10.4. The molecule has 0 aromatic heterocycles. The Morgan fingerprint density at radius 2 is 1.82 bits per heavy atom. The van der Waals surface area contributed by atoms with Gasteiger partial charge in [-0.2, -0.15) is 0 Å². The molecule has 1 aromatic rings. The van der Waals surface area contributed by atoms with E-state index in [-0.39, 0.29) is 0 Å². The molecular weight excluding hydrogens is 276 g/mol. The van der Waals surface area contributed by atoms with Crippen LogP contribution in [0.15, 0.2) is 53.6 Å². The first kappa shape index (κ1) is 17.8. The van der Waals surface area contributed by atoms with Gasteiger partial charge in [-0.3, -0.25) is 0 Å². The summed E-state index contributed by atoms with van der Waals surface area (Å²) in [6.07, 6.45) is 9.12. The summed E-state index contributed by atoms with van der Waals surface area (Å²) in [5.74, 6) is -0.171. The van der Waals surface area contributed by atoms with Gasteiger partial charge in [-0.25, -0.2) is 4.79 Å².